The molecule has 0 spiro atoms. The Bertz CT molecular complexity index is 493. The molecule has 1 atom stereocenters. The number of hydrogen-bond acceptors (Lipinski definition) is 4. The van der Waals surface area contributed by atoms with Crippen molar-refractivity contribution in [2.45, 2.75) is 33.4 Å². The van der Waals surface area contributed by atoms with Crippen LogP contribution in [0.15, 0.2) is 24.7 Å². The van der Waals surface area contributed by atoms with E-state index in [0.29, 0.717) is 0 Å². The van der Waals surface area contributed by atoms with Gasteiger partial charge in [-0.15, -0.1) is 11.3 Å². The zero-order chi connectivity index (χ0) is 12.3. The third-order valence-electron chi connectivity index (χ3n) is 2.76. The van der Waals surface area contributed by atoms with Crippen LogP contribution in [0.3, 0.4) is 0 Å². The Morgan fingerprint density at radius 1 is 1.35 bits per heavy atom. The summed E-state index contributed by atoms with van der Waals surface area (Å²) >= 11 is 1.75. The van der Waals surface area contributed by atoms with Crippen molar-refractivity contribution in [3.05, 3.63) is 45.7 Å². The molecule has 0 saturated carbocycles. The molecule has 0 radical (unpaired) electrons. The third-order valence-corrected chi connectivity index (χ3v) is 3.85. The molecule has 2 aromatic rings. The summed E-state index contributed by atoms with van der Waals surface area (Å²) in [5, 5.41) is 4.62. The smallest absolute Gasteiger partial charge is 0.109 e. The molecule has 1 unspecified atom stereocenters. The summed E-state index contributed by atoms with van der Waals surface area (Å²) in [6.07, 6.45) is 5.67. The Hall–Kier alpha value is -1.26. The molecule has 3 nitrogen and oxygen atoms in total. The first kappa shape index (κ1) is 12.2. The SMILES string of the molecule is Cc1cnc(C(C)NCc2cnccc2C)s1. The van der Waals surface area contributed by atoms with Crippen LogP contribution in [0.2, 0.25) is 0 Å². The van der Waals surface area contributed by atoms with Crippen LogP contribution >= 0.6 is 11.3 Å². The highest BCUT2D eigenvalue weighted by molar-refractivity contribution is 7.11. The minimum atomic E-state index is 0.285. The van der Waals surface area contributed by atoms with Gasteiger partial charge >= 0.3 is 0 Å². The van der Waals surface area contributed by atoms with E-state index in [1.165, 1.54) is 16.0 Å². The number of nitrogens with zero attached hydrogens (tertiary/aromatic N) is 2. The average Bonchev–Trinajstić information content (AvgIpc) is 2.74. The van der Waals surface area contributed by atoms with E-state index in [2.05, 4.69) is 36.1 Å². The Labute approximate surface area is 106 Å². The largest absolute Gasteiger partial charge is 0.304 e. The van der Waals surface area contributed by atoms with Gasteiger partial charge in [0.25, 0.3) is 0 Å². The van der Waals surface area contributed by atoms with Gasteiger partial charge in [0, 0.05) is 30.0 Å². The summed E-state index contributed by atoms with van der Waals surface area (Å²) in [4.78, 5) is 9.79. The average molecular weight is 247 g/mol. The van der Waals surface area contributed by atoms with Crippen molar-refractivity contribution in [2.75, 3.05) is 0 Å². The van der Waals surface area contributed by atoms with E-state index in [0.717, 1.165) is 11.6 Å². The van der Waals surface area contributed by atoms with Crippen LogP contribution in [-0.2, 0) is 6.54 Å². The van der Waals surface area contributed by atoms with Crippen LogP contribution < -0.4 is 5.32 Å². The lowest BCUT2D eigenvalue weighted by molar-refractivity contribution is 0.569. The highest BCUT2D eigenvalue weighted by atomic mass is 32.1. The molecular weight excluding hydrogens is 230 g/mol. The molecule has 0 bridgehead atoms. The molecule has 0 aromatic carbocycles. The second-order valence-electron chi connectivity index (χ2n) is 4.21. The van der Waals surface area contributed by atoms with Crippen molar-refractivity contribution in [1.82, 2.24) is 15.3 Å². The van der Waals surface area contributed by atoms with E-state index < -0.39 is 0 Å². The summed E-state index contributed by atoms with van der Waals surface area (Å²) in [5.74, 6) is 0. The predicted octanol–water partition coefficient (Wildman–Crippen LogP) is 3.01. The van der Waals surface area contributed by atoms with Gasteiger partial charge in [0.1, 0.15) is 5.01 Å². The zero-order valence-electron chi connectivity index (χ0n) is 10.4. The van der Waals surface area contributed by atoms with Crippen molar-refractivity contribution in [1.29, 1.82) is 0 Å². The fraction of sp³-hybridized carbons (Fsp3) is 0.385. The molecule has 17 heavy (non-hydrogen) atoms. The van der Waals surface area contributed by atoms with E-state index in [1.54, 1.807) is 11.3 Å². The summed E-state index contributed by atoms with van der Waals surface area (Å²) < 4.78 is 0. The lowest BCUT2D eigenvalue weighted by Crippen LogP contribution is -2.18. The molecule has 90 valence electrons. The molecule has 0 fully saturated rings. The first-order valence-corrected chi connectivity index (χ1v) is 6.53. The van der Waals surface area contributed by atoms with Crippen LogP contribution in [0, 0.1) is 13.8 Å². The molecule has 2 rings (SSSR count). The minimum Gasteiger partial charge on any atom is -0.304 e. The summed E-state index contributed by atoms with van der Waals surface area (Å²) in [6.45, 7) is 7.17. The van der Waals surface area contributed by atoms with Crippen LogP contribution in [0.1, 0.15) is 34.0 Å². The number of nitrogens with one attached hydrogen (secondary N) is 1. The molecule has 1 N–H and O–H groups in total. The van der Waals surface area contributed by atoms with Crippen molar-refractivity contribution >= 4 is 11.3 Å². The first-order valence-electron chi connectivity index (χ1n) is 5.72. The third kappa shape index (κ3) is 3.11. The van der Waals surface area contributed by atoms with Gasteiger partial charge in [-0.1, -0.05) is 0 Å². The molecule has 0 aliphatic heterocycles. The first-order chi connectivity index (χ1) is 8.16. The van der Waals surface area contributed by atoms with E-state index in [1.807, 2.05) is 24.7 Å². The standard InChI is InChI=1S/C13H17N3S/c1-9-4-5-14-7-12(9)8-15-11(3)13-16-6-10(2)17-13/h4-7,11,15H,8H2,1-3H3. The highest BCUT2D eigenvalue weighted by Crippen LogP contribution is 2.19. The van der Waals surface area contributed by atoms with E-state index in [-0.39, 0.29) is 6.04 Å². The quantitative estimate of drug-likeness (QED) is 0.902. The number of aryl methyl sites for hydroxylation is 2. The summed E-state index contributed by atoms with van der Waals surface area (Å²) in [6, 6.07) is 2.32. The fourth-order valence-corrected chi connectivity index (χ4v) is 2.41. The number of hydrogen-bond donors (Lipinski definition) is 1. The van der Waals surface area contributed by atoms with Crippen LogP contribution in [-0.4, -0.2) is 9.97 Å². The lowest BCUT2D eigenvalue weighted by Gasteiger charge is -2.12. The summed E-state index contributed by atoms with van der Waals surface area (Å²) in [7, 11) is 0. The van der Waals surface area contributed by atoms with Crippen molar-refractivity contribution in [3.63, 3.8) is 0 Å². The van der Waals surface area contributed by atoms with Gasteiger partial charge in [-0.05, 0) is 38.0 Å². The van der Waals surface area contributed by atoms with Gasteiger partial charge < -0.3 is 5.32 Å². The van der Waals surface area contributed by atoms with Crippen LogP contribution in [0.5, 0.6) is 0 Å². The molecule has 0 saturated heterocycles. The van der Waals surface area contributed by atoms with Crippen molar-refractivity contribution < 1.29 is 0 Å². The molecular formula is C13H17N3S. The topological polar surface area (TPSA) is 37.8 Å². The van der Waals surface area contributed by atoms with Gasteiger partial charge in [-0.25, -0.2) is 4.98 Å². The second-order valence-corrected chi connectivity index (χ2v) is 5.48. The second kappa shape index (κ2) is 5.38. The fourth-order valence-electron chi connectivity index (χ4n) is 1.60. The van der Waals surface area contributed by atoms with Crippen molar-refractivity contribution in [2.24, 2.45) is 0 Å². The van der Waals surface area contributed by atoms with Crippen LogP contribution in [0.4, 0.5) is 0 Å². The summed E-state index contributed by atoms with van der Waals surface area (Å²) in [5.41, 5.74) is 2.52. The van der Waals surface area contributed by atoms with Gasteiger partial charge in [0.15, 0.2) is 0 Å². The number of pyridine rings is 1. The maximum Gasteiger partial charge on any atom is 0.109 e. The van der Waals surface area contributed by atoms with E-state index in [9.17, 15) is 0 Å². The minimum absolute atomic E-state index is 0.285. The normalized spacial score (nSPS) is 12.6. The molecule has 4 heteroatoms. The Balaban J connectivity index is 1.97. The highest BCUT2D eigenvalue weighted by Gasteiger charge is 2.09. The molecule has 0 amide bonds. The van der Waals surface area contributed by atoms with Gasteiger partial charge in [-0.2, -0.15) is 0 Å². The monoisotopic (exact) mass is 247 g/mol. The molecule has 0 aliphatic carbocycles. The zero-order valence-corrected chi connectivity index (χ0v) is 11.2. The van der Waals surface area contributed by atoms with Gasteiger partial charge in [-0.3, -0.25) is 4.98 Å². The lowest BCUT2D eigenvalue weighted by atomic mass is 10.1. The number of thiazole rings is 1. The number of rotatable bonds is 4. The molecule has 0 aliphatic rings. The Kier molecular flexibility index (Phi) is 3.86. The Morgan fingerprint density at radius 2 is 2.18 bits per heavy atom. The number of aromatic nitrogens is 2. The maximum absolute atomic E-state index is 4.39. The van der Waals surface area contributed by atoms with E-state index in [4.69, 9.17) is 0 Å². The predicted molar refractivity (Wildman–Crippen MR) is 71.1 cm³/mol. The van der Waals surface area contributed by atoms with Gasteiger partial charge in [0.05, 0.1) is 6.04 Å². The van der Waals surface area contributed by atoms with Gasteiger partial charge in [0.2, 0.25) is 0 Å². The van der Waals surface area contributed by atoms with E-state index >= 15 is 0 Å². The van der Waals surface area contributed by atoms with Crippen molar-refractivity contribution in [3.8, 4) is 0 Å². The molecule has 2 heterocycles. The maximum atomic E-state index is 4.39. The Morgan fingerprint density at radius 3 is 2.82 bits per heavy atom. The van der Waals surface area contributed by atoms with Crippen LogP contribution in [0.25, 0.3) is 0 Å². The molecule has 2 aromatic heterocycles.